The van der Waals surface area contributed by atoms with E-state index in [1.807, 2.05) is 0 Å². The third-order valence-corrected chi connectivity index (χ3v) is 2.52. The van der Waals surface area contributed by atoms with Crippen LogP contribution in [0.5, 0.6) is 5.75 Å². The molecular formula is C10H14N4O4. The molecule has 0 radical (unpaired) electrons. The van der Waals surface area contributed by atoms with Gasteiger partial charge in [0.05, 0.1) is 24.9 Å². The van der Waals surface area contributed by atoms with Crippen LogP contribution in [0.4, 0.5) is 0 Å². The molecule has 0 aromatic carbocycles. The Hall–Kier alpha value is -1.86. The highest BCUT2D eigenvalue weighted by atomic mass is 16.3. The first-order valence-electron chi connectivity index (χ1n) is 5.18. The Morgan fingerprint density at radius 1 is 1.50 bits per heavy atom. The van der Waals surface area contributed by atoms with Gasteiger partial charge in [-0.05, 0) is 12.5 Å². The number of hydrogen-bond acceptors (Lipinski definition) is 6. The van der Waals surface area contributed by atoms with Crippen molar-refractivity contribution in [3.63, 3.8) is 0 Å². The van der Waals surface area contributed by atoms with Crippen molar-refractivity contribution in [2.45, 2.75) is 25.7 Å². The quantitative estimate of drug-likeness (QED) is 0.339. The summed E-state index contributed by atoms with van der Waals surface area (Å²) in [6.45, 7) is 0.733. The molecule has 0 amide bonds. The lowest BCUT2D eigenvalue weighted by molar-refractivity contribution is 0.0216. The van der Waals surface area contributed by atoms with E-state index in [-0.39, 0.29) is 29.1 Å². The van der Waals surface area contributed by atoms with E-state index in [0.717, 1.165) is 0 Å². The SMILES string of the molecule is Cc1ncc(CO)c(C(O)C(O)CN=[N+]=[N-])c1O. The van der Waals surface area contributed by atoms with Crippen molar-refractivity contribution in [2.24, 2.45) is 5.11 Å². The first kappa shape index (κ1) is 14.2. The molecule has 0 aliphatic rings. The maximum atomic E-state index is 9.90. The van der Waals surface area contributed by atoms with E-state index >= 15 is 0 Å². The molecule has 4 N–H and O–H groups in total. The van der Waals surface area contributed by atoms with Crippen molar-refractivity contribution in [1.29, 1.82) is 0 Å². The molecule has 0 aliphatic carbocycles. The number of pyridine rings is 1. The lowest BCUT2D eigenvalue weighted by Gasteiger charge is -2.20. The first-order valence-corrected chi connectivity index (χ1v) is 5.18. The number of aliphatic hydroxyl groups is 3. The molecule has 0 spiro atoms. The number of nitrogens with zero attached hydrogens (tertiary/aromatic N) is 4. The van der Waals surface area contributed by atoms with Crippen molar-refractivity contribution in [3.8, 4) is 5.75 Å². The molecule has 0 aliphatic heterocycles. The maximum absolute atomic E-state index is 9.90. The van der Waals surface area contributed by atoms with E-state index in [9.17, 15) is 15.3 Å². The van der Waals surface area contributed by atoms with E-state index in [1.165, 1.54) is 13.1 Å². The fourth-order valence-corrected chi connectivity index (χ4v) is 1.52. The van der Waals surface area contributed by atoms with Crippen molar-refractivity contribution in [3.05, 3.63) is 33.5 Å². The molecule has 2 atom stereocenters. The minimum absolute atomic E-state index is 0.00867. The molecule has 18 heavy (non-hydrogen) atoms. The van der Waals surface area contributed by atoms with Crippen LogP contribution in [-0.2, 0) is 6.61 Å². The molecular weight excluding hydrogens is 240 g/mol. The van der Waals surface area contributed by atoms with Crippen LogP contribution < -0.4 is 0 Å². The van der Waals surface area contributed by atoms with Gasteiger partial charge in [0.1, 0.15) is 11.9 Å². The van der Waals surface area contributed by atoms with Crippen LogP contribution in [-0.4, -0.2) is 38.1 Å². The molecule has 1 rings (SSSR count). The molecule has 8 heteroatoms. The van der Waals surface area contributed by atoms with Gasteiger partial charge in [-0.2, -0.15) is 0 Å². The number of aliphatic hydroxyl groups excluding tert-OH is 3. The summed E-state index contributed by atoms with van der Waals surface area (Å²) < 4.78 is 0. The van der Waals surface area contributed by atoms with Gasteiger partial charge in [-0.1, -0.05) is 5.11 Å². The number of azide groups is 1. The monoisotopic (exact) mass is 254 g/mol. The molecule has 1 aromatic rings. The lowest BCUT2D eigenvalue weighted by atomic mass is 9.98. The van der Waals surface area contributed by atoms with Gasteiger partial charge >= 0.3 is 0 Å². The summed E-state index contributed by atoms with van der Waals surface area (Å²) >= 11 is 0. The number of aromatic nitrogens is 1. The van der Waals surface area contributed by atoms with E-state index < -0.39 is 18.8 Å². The van der Waals surface area contributed by atoms with E-state index in [0.29, 0.717) is 0 Å². The number of aromatic hydroxyl groups is 1. The molecule has 98 valence electrons. The molecule has 1 heterocycles. The first-order chi connectivity index (χ1) is 8.52. The molecule has 0 saturated heterocycles. The Morgan fingerprint density at radius 3 is 2.72 bits per heavy atom. The van der Waals surface area contributed by atoms with Crippen molar-refractivity contribution < 1.29 is 20.4 Å². The number of rotatable bonds is 5. The minimum atomic E-state index is -1.47. The zero-order valence-electron chi connectivity index (χ0n) is 9.72. The van der Waals surface area contributed by atoms with Crippen LogP contribution in [0.1, 0.15) is 22.9 Å². The zero-order chi connectivity index (χ0) is 13.7. The van der Waals surface area contributed by atoms with Crippen LogP contribution in [0.3, 0.4) is 0 Å². The van der Waals surface area contributed by atoms with Crippen LogP contribution in [0.15, 0.2) is 11.3 Å². The molecule has 2 unspecified atom stereocenters. The standard InChI is InChI=1S/C10H14N4O4/c1-5-9(17)8(6(4-15)2-12-5)10(18)7(16)3-13-14-11/h2,7,10,15-18H,3-4H2,1H3. The van der Waals surface area contributed by atoms with Gasteiger partial charge in [0.15, 0.2) is 0 Å². The van der Waals surface area contributed by atoms with Crippen molar-refractivity contribution in [1.82, 2.24) is 4.98 Å². The average Bonchev–Trinajstić information content (AvgIpc) is 2.38. The van der Waals surface area contributed by atoms with Crippen LogP contribution >= 0.6 is 0 Å². The maximum Gasteiger partial charge on any atom is 0.143 e. The summed E-state index contributed by atoms with van der Waals surface area (Å²) in [5.74, 6) is -0.297. The minimum Gasteiger partial charge on any atom is -0.506 e. The highest BCUT2D eigenvalue weighted by molar-refractivity contribution is 5.42. The van der Waals surface area contributed by atoms with Gasteiger partial charge in [0.2, 0.25) is 0 Å². The Kier molecular flexibility index (Phi) is 4.87. The lowest BCUT2D eigenvalue weighted by Crippen LogP contribution is -2.22. The normalized spacial score (nSPS) is 13.8. The smallest absolute Gasteiger partial charge is 0.143 e. The van der Waals surface area contributed by atoms with Crippen LogP contribution in [0.2, 0.25) is 0 Å². The molecule has 0 fully saturated rings. The number of hydrogen-bond donors (Lipinski definition) is 4. The Morgan fingerprint density at radius 2 is 2.17 bits per heavy atom. The topological polar surface area (TPSA) is 143 Å². The van der Waals surface area contributed by atoms with Crippen molar-refractivity contribution >= 4 is 0 Å². The predicted molar refractivity (Wildman–Crippen MR) is 61.5 cm³/mol. The summed E-state index contributed by atoms with van der Waals surface area (Å²) in [6, 6.07) is 0. The van der Waals surface area contributed by atoms with Gasteiger partial charge < -0.3 is 20.4 Å². The third-order valence-electron chi connectivity index (χ3n) is 2.52. The van der Waals surface area contributed by atoms with Crippen LogP contribution in [0.25, 0.3) is 10.4 Å². The Bertz CT molecular complexity index is 473. The van der Waals surface area contributed by atoms with Gasteiger partial charge in [-0.15, -0.1) is 0 Å². The van der Waals surface area contributed by atoms with E-state index in [2.05, 4.69) is 15.0 Å². The predicted octanol–water partition coefficient (Wildman–Crippen LogP) is 0.293. The zero-order valence-corrected chi connectivity index (χ0v) is 9.72. The van der Waals surface area contributed by atoms with Crippen molar-refractivity contribution in [2.75, 3.05) is 6.54 Å². The van der Waals surface area contributed by atoms with Gasteiger partial charge in [-0.3, -0.25) is 4.98 Å². The second-order valence-corrected chi connectivity index (χ2v) is 3.71. The van der Waals surface area contributed by atoms with Gasteiger partial charge in [0.25, 0.3) is 0 Å². The molecule has 8 nitrogen and oxygen atoms in total. The Labute approximate surface area is 103 Å². The fraction of sp³-hybridized carbons (Fsp3) is 0.500. The Balaban J connectivity index is 3.14. The molecule has 1 aromatic heterocycles. The summed E-state index contributed by atoms with van der Waals surface area (Å²) in [7, 11) is 0. The highest BCUT2D eigenvalue weighted by Gasteiger charge is 2.25. The fourth-order valence-electron chi connectivity index (χ4n) is 1.52. The highest BCUT2D eigenvalue weighted by Crippen LogP contribution is 2.31. The third kappa shape index (κ3) is 2.88. The largest absolute Gasteiger partial charge is 0.506 e. The van der Waals surface area contributed by atoms with E-state index in [4.69, 9.17) is 10.6 Å². The van der Waals surface area contributed by atoms with Gasteiger partial charge in [-0.25, -0.2) is 0 Å². The summed E-state index contributed by atoms with van der Waals surface area (Å²) in [5.41, 5.74) is 8.59. The summed E-state index contributed by atoms with van der Waals surface area (Å²) in [4.78, 5) is 6.29. The van der Waals surface area contributed by atoms with E-state index in [1.54, 1.807) is 0 Å². The average molecular weight is 254 g/mol. The summed E-state index contributed by atoms with van der Waals surface area (Å²) in [6.07, 6.45) is -1.55. The van der Waals surface area contributed by atoms with Gasteiger partial charge in [0, 0.05) is 22.2 Å². The molecule has 0 bridgehead atoms. The van der Waals surface area contributed by atoms with Crippen LogP contribution in [0, 0.1) is 6.92 Å². The molecule has 0 saturated carbocycles. The summed E-state index contributed by atoms with van der Waals surface area (Å²) in [5, 5.41) is 41.6. The number of aryl methyl sites for hydroxylation is 1. The second kappa shape index (κ2) is 6.18. The second-order valence-electron chi connectivity index (χ2n) is 3.71.